The fraction of sp³-hybridized carbons (Fsp3) is 0.462. The van der Waals surface area contributed by atoms with Gasteiger partial charge in [0, 0.05) is 13.1 Å². The number of nitrogens with two attached hydrogens (primary N) is 1. The molecule has 0 saturated heterocycles. The van der Waals surface area contributed by atoms with Gasteiger partial charge in [-0.3, -0.25) is 4.90 Å². The monoisotopic (exact) mass is 234 g/mol. The van der Waals surface area contributed by atoms with Crippen LogP contribution in [0.2, 0.25) is 0 Å². The van der Waals surface area contributed by atoms with Gasteiger partial charge in [-0.2, -0.15) is 0 Å². The van der Waals surface area contributed by atoms with Crippen molar-refractivity contribution in [3.8, 4) is 0 Å². The van der Waals surface area contributed by atoms with E-state index in [0.717, 1.165) is 31.5 Å². The van der Waals surface area contributed by atoms with Crippen molar-refractivity contribution in [2.24, 2.45) is 5.73 Å². The number of para-hydroxylation sites is 1. The first-order valence-corrected chi connectivity index (χ1v) is 6.05. The molecular formula is C13H18N2O2. The molecule has 0 fully saturated rings. The molecule has 0 unspecified atom stereocenters. The SMILES string of the molecule is NCCOC(=O)N1CCCCc2ccccc21. The summed E-state index contributed by atoms with van der Waals surface area (Å²) in [6.07, 6.45) is 2.85. The van der Waals surface area contributed by atoms with E-state index in [1.807, 2.05) is 18.2 Å². The Labute approximate surface area is 101 Å². The van der Waals surface area contributed by atoms with E-state index in [9.17, 15) is 4.79 Å². The van der Waals surface area contributed by atoms with E-state index in [4.69, 9.17) is 10.5 Å². The predicted molar refractivity (Wildman–Crippen MR) is 67.1 cm³/mol. The largest absolute Gasteiger partial charge is 0.448 e. The predicted octanol–water partition coefficient (Wildman–Crippen LogP) is 1.92. The highest BCUT2D eigenvalue weighted by molar-refractivity contribution is 5.88. The van der Waals surface area contributed by atoms with E-state index < -0.39 is 0 Å². The highest BCUT2D eigenvalue weighted by Crippen LogP contribution is 2.26. The van der Waals surface area contributed by atoms with Gasteiger partial charge in [0.2, 0.25) is 0 Å². The highest BCUT2D eigenvalue weighted by Gasteiger charge is 2.21. The van der Waals surface area contributed by atoms with E-state index in [2.05, 4.69) is 6.07 Å². The number of benzene rings is 1. The van der Waals surface area contributed by atoms with Gasteiger partial charge in [-0.15, -0.1) is 0 Å². The number of carbonyl (C=O) groups excluding carboxylic acids is 1. The minimum atomic E-state index is -0.287. The third-order valence-electron chi connectivity index (χ3n) is 2.92. The number of amides is 1. The number of aryl methyl sites for hydroxylation is 1. The van der Waals surface area contributed by atoms with E-state index in [0.29, 0.717) is 6.54 Å². The fourth-order valence-electron chi connectivity index (χ4n) is 2.11. The Bertz CT molecular complexity index is 393. The molecule has 0 aromatic heterocycles. The van der Waals surface area contributed by atoms with Crippen molar-refractivity contribution in [1.29, 1.82) is 0 Å². The summed E-state index contributed by atoms with van der Waals surface area (Å²) in [4.78, 5) is 13.6. The second-order valence-corrected chi connectivity index (χ2v) is 4.14. The summed E-state index contributed by atoms with van der Waals surface area (Å²) in [5.74, 6) is 0. The van der Waals surface area contributed by atoms with Crippen LogP contribution in [0.3, 0.4) is 0 Å². The topological polar surface area (TPSA) is 55.6 Å². The van der Waals surface area contributed by atoms with Crippen LogP contribution in [0.5, 0.6) is 0 Å². The van der Waals surface area contributed by atoms with Crippen molar-refractivity contribution in [3.63, 3.8) is 0 Å². The second kappa shape index (κ2) is 5.68. The molecule has 2 N–H and O–H groups in total. The van der Waals surface area contributed by atoms with Crippen molar-refractivity contribution < 1.29 is 9.53 Å². The molecule has 0 saturated carbocycles. The van der Waals surface area contributed by atoms with Gasteiger partial charge >= 0.3 is 6.09 Å². The summed E-state index contributed by atoms with van der Waals surface area (Å²) in [5.41, 5.74) is 7.53. The van der Waals surface area contributed by atoms with E-state index in [-0.39, 0.29) is 12.7 Å². The fourth-order valence-corrected chi connectivity index (χ4v) is 2.11. The Kier molecular flexibility index (Phi) is 3.98. The van der Waals surface area contributed by atoms with Crippen LogP contribution in [-0.4, -0.2) is 25.8 Å². The Morgan fingerprint density at radius 3 is 3.00 bits per heavy atom. The lowest BCUT2D eigenvalue weighted by Crippen LogP contribution is -2.33. The molecule has 1 aromatic rings. The number of anilines is 1. The molecule has 1 aliphatic heterocycles. The van der Waals surface area contributed by atoms with Crippen molar-refractivity contribution >= 4 is 11.8 Å². The van der Waals surface area contributed by atoms with Crippen molar-refractivity contribution in [2.45, 2.75) is 19.3 Å². The van der Waals surface area contributed by atoms with Crippen molar-refractivity contribution in [3.05, 3.63) is 29.8 Å². The lowest BCUT2D eigenvalue weighted by atomic mass is 10.1. The summed E-state index contributed by atoms with van der Waals surface area (Å²) < 4.78 is 5.11. The molecule has 92 valence electrons. The standard InChI is InChI=1S/C13H18N2O2/c14-8-10-17-13(16)15-9-4-3-6-11-5-1-2-7-12(11)15/h1-2,5,7H,3-4,6,8-10,14H2. The minimum absolute atomic E-state index is 0.275. The summed E-state index contributed by atoms with van der Waals surface area (Å²) in [5, 5.41) is 0. The Morgan fingerprint density at radius 2 is 2.18 bits per heavy atom. The third-order valence-corrected chi connectivity index (χ3v) is 2.92. The van der Waals surface area contributed by atoms with Crippen LogP contribution in [-0.2, 0) is 11.2 Å². The maximum Gasteiger partial charge on any atom is 0.414 e. The van der Waals surface area contributed by atoms with E-state index >= 15 is 0 Å². The Balaban J connectivity index is 2.19. The number of carbonyl (C=O) groups is 1. The molecule has 0 radical (unpaired) electrons. The molecule has 2 rings (SSSR count). The van der Waals surface area contributed by atoms with Crippen LogP contribution in [0.1, 0.15) is 18.4 Å². The van der Waals surface area contributed by atoms with Crippen LogP contribution in [0.15, 0.2) is 24.3 Å². The van der Waals surface area contributed by atoms with Crippen molar-refractivity contribution in [1.82, 2.24) is 0 Å². The normalized spacial score (nSPS) is 15.0. The van der Waals surface area contributed by atoms with Crippen molar-refractivity contribution in [2.75, 3.05) is 24.6 Å². The quantitative estimate of drug-likeness (QED) is 0.850. The first-order chi connectivity index (χ1) is 8.33. The van der Waals surface area contributed by atoms with E-state index in [1.54, 1.807) is 4.90 Å². The van der Waals surface area contributed by atoms with E-state index in [1.165, 1.54) is 5.56 Å². The zero-order valence-electron chi connectivity index (χ0n) is 9.89. The first kappa shape index (κ1) is 11.9. The summed E-state index contributed by atoms with van der Waals surface area (Å²) >= 11 is 0. The van der Waals surface area contributed by atoms with Crippen LogP contribution in [0.4, 0.5) is 10.5 Å². The molecule has 4 heteroatoms. The first-order valence-electron chi connectivity index (χ1n) is 6.05. The number of fused-ring (bicyclic) bond motifs is 1. The molecule has 1 aliphatic rings. The second-order valence-electron chi connectivity index (χ2n) is 4.14. The molecule has 1 heterocycles. The molecular weight excluding hydrogens is 216 g/mol. The zero-order chi connectivity index (χ0) is 12.1. The number of nitrogens with zero attached hydrogens (tertiary/aromatic N) is 1. The molecule has 17 heavy (non-hydrogen) atoms. The van der Waals surface area contributed by atoms with Gasteiger partial charge in [0.15, 0.2) is 0 Å². The molecule has 0 spiro atoms. The van der Waals surface area contributed by atoms with Crippen LogP contribution in [0.25, 0.3) is 0 Å². The maximum atomic E-state index is 11.9. The average molecular weight is 234 g/mol. The summed E-state index contributed by atoms with van der Waals surface area (Å²) in [6, 6.07) is 8.01. The van der Waals surface area contributed by atoms with Gasteiger partial charge in [0.25, 0.3) is 0 Å². The molecule has 0 atom stereocenters. The third kappa shape index (κ3) is 2.77. The molecule has 1 aromatic carbocycles. The van der Waals surface area contributed by atoms with Gasteiger partial charge in [-0.05, 0) is 30.9 Å². The summed E-state index contributed by atoms with van der Waals surface area (Å²) in [7, 11) is 0. The smallest absolute Gasteiger partial charge is 0.414 e. The van der Waals surface area contributed by atoms with Crippen LogP contribution < -0.4 is 10.6 Å². The molecule has 0 aliphatic carbocycles. The molecule has 0 bridgehead atoms. The minimum Gasteiger partial charge on any atom is -0.448 e. The zero-order valence-corrected chi connectivity index (χ0v) is 9.89. The van der Waals surface area contributed by atoms with Crippen LogP contribution >= 0.6 is 0 Å². The number of rotatable bonds is 2. The lowest BCUT2D eigenvalue weighted by molar-refractivity contribution is 0.157. The highest BCUT2D eigenvalue weighted by atomic mass is 16.6. The molecule has 4 nitrogen and oxygen atoms in total. The van der Waals surface area contributed by atoms with Gasteiger partial charge in [-0.25, -0.2) is 4.79 Å². The number of hydrogen-bond acceptors (Lipinski definition) is 3. The molecule has 1 amide bonds. The summed E-state index contributed by atoms with van der Waals surface area (Å²) in [6.45, 7) is 1.36. The number of hydrogen-bond donors (Lipinski definition) is 1. The maximum absolute atomic E-state index is 11.9. The number of ether oxygens (including phenoxy) is 1. The lowest BCUT2D eigenvalue weighted by Gasteiger charge is -2.22. The average Bonchev–Trinajstić information content (AvgIpc) is 2.58. The van der Waals surface area contributed by atoms with Gasteiger partial charge < -0.3 is 10.5 Å². The Morgan fingerprint density at radius 1 is 1.35 bits per heavy atom. The van der Waals surface area contributed by atoms with Gasteiger partial charge in [-0.1, -0.05) is 18.2 Å². The van der Waals surface area contributed by atoms with Crippen LogP contribution in [0, 0.1) is 0 Å². The van der Waals surface area contributed by atoms with Gasteiger partial charge in [0.1, 0.15) is 6.61 Å². The Hall–Kier alpha value is -1.55. The van der Waals surface area contributed by atoms with Gasteiger partial charge in [0.05, 0.1) is 5.69 Å².